The molecule has 2 rings (SSSR count). The number of halogens is 1. The van der Waals surface area contributed by atoms with E-state index in [1.165, 1.54) is 38.4 Å². The van der Waals surface area contributed by atoms with E-state index < -0.39 is 17.4 Å². The van der Waals surface area contributed by atoms with Crippen molar-refractivity contribution in [2.24, 2.45) is 0 Å². The molecule has 0 saturated heterocycles. The standard InChI is InChI=1S/C14H11ClN2O4/c1-8(18)17(9(2)19)12-3-4-13(21-14(12)20)10-5-11(15)7-16-6-10/h3-7H,1-2H3. The molecule has 0 unspecified atom stereocenters. The fourth-order valence-electron chi connectivity index (χ4n) is 1.84. The highest BCUT2D eigenvalue weighted by molar-refractivity contribution is 6.30. The third kappa shape index (κ3) is 3.17. The van der Waals surface area contributed by atoms with E-state index in [1.54, 1.807) is 6.07 Å². The van der Waals surface area contributed by atoms with Crippen molar-refractivity contribution in [2.45, 2.75) is 13.8 Å². The maximum Gasteiger partial charge on any atom is 0.360 e. The van der Waals surface area contributed by atoms with Gasteiger partial charge < -0.3 is 4.42 Å². The van der Waals surface area contributed by atoms with E-state index in [2.05, 4.69) is 4.98 Å². The fraction of sp³-hybridized carbons (Fsp3) is 0.143. The molecule has 0 radical (unpaired) electrons. The van der Waals surface area contributed by atoms with Crippen LogP contribution in [0.1, 0.15) is 13.8 Å². The van der Waals surface area contributed by atoms with Gasteiger partial charge in [0.05, 0.1) is 5.02 Å². The zero-order valence-electron chi connectivity index (χ0n) is 11.3. The van der Waals surface area contributed by atoms with Crippen molar-refractivity contribution in [3.63, 3.8) is 0 Å². The second-order valence-corrected chi connectivity index (χ2v) is 4.67. The number of carbonyl (C=O) groups is 2. The van der Waals surface area contributed by atoms with Crippen LogP contribution in [-0.2, 0) is 9.59 Å². The van der Waals surface area contributed by atoms with Crippen molar-refractivity contribution in [1.82, 2.24) is 4.98 Å². The van der Waals surface area contributed by atoms with Gasteiger partial charge in [-0.05, 0) is 18.2 Å². The maximum atomic E-state index is 12.0. The van der Waals surface area contributed by atoms with Crippen LogP contribution in [0.25, 0.3) is 11.3 Å². The van der Waals surface area contributed by atoms with Crippen molar-refractivity contribution in [2.75, 3.05) is 4.90 Å². The average molecular weight is 307 g/mol. The summed E-state index contributed by atoms with van der Waals surface area (Å²) < 4.78 is 5.13. The van der Waals surface area contributed by atoms with Gasteiger partial charge in [0.25, 0.3) is 0 Å². The Hall–Kier alpha value is -2.47. The molecule has 2 amide bonds. The fourth-order valence-corrected chi connectivity index (χ4v) is 2.01. The molecule has 2 aromatic rings. The number of hydrogen-bond donors (Lipinski definition) is 0. The summed E-state index contributed by atoms with van der Waals surface area (Å²) in [5.41, 5.74) is -0.407. The molecule has 0 aromatic carbocycles. The van der Waals surface area contributed by atoms with E-state index in [1.807, 2.05) is 0 Å². The topological polar surface area (TPSA) is 80.5 Å². The van der Waals surface area contributed by atoms with E-state index in [-0.39, 0.29) is 11.4 Å². The van der Waals surface area contributed by atoms with E-state index in [0.29, 0.717) is 10.6 Å². The van der Waals surface area contributed by atoms with Gasteiger partial charge in [-0.3, -0.25) is 14.6 Å². The van der Waals surface area contributed by atoms with Crippen molar-refractivity contribution in [3.8, 4) is 11.3 Å². The van der Waals surface area contributed by atoms with Crippen LogP contribution < -0.4 is 10.5 Å². The number of carbonyl (C=O) groups excluding carboxylic acids is 2. The van der Waals surface area contributed by atoms with Crippen LogP contribution in [0.3, 0.4) is 0 Å². The lowest BCUT2D eigenvalue weighted by Crippen LogP contribution is -2.36. The molecule has 2 aromatic heterocycles. The van der Waals surface area contributed by atoms with Crippen molar-refractivity contribution >= 4 is 29.1 Å². The number of anilines is 1. The lowest BCUT2D eigenvalue weighted by Gasteiger charge is -2.15. The first-order valence-electron chi connectivity index (χ1n) is 5.96. The third-order valence-electron chi connectivity index (χ3n) is 2.66. The van der Waals surface area contributed by atoms with Gasteiger partial charge in [-0.25, -0.2) is 9.69 Å². The molecule has 108 valence electrons. The van der Waals surface area contributed by atoms with Crippen LogP contribution in [0, 0.1) is 0 Å². The van der Waals surface area contributed by atoms with Gasteiger partial charge >= 0.3 is 5.63 Å². The summed E-state index contributed by atoms with van der Waals surface area (Å²) in [5, 5.41) is 0.397. The summed E-state index contributed by atoms with van der Waals surface area (Å²) in [6, 6.07) is 4.41. The van der Waals surface area contributed by atoms with Gasteiger partial charge in [0, 0.05) is 31.8 Å². The Labute approximate surface area is 125 Å². The van der Waals surface area contributed by atoms with Gasteiger partial charge in [-0.1, -0.05) is 11.6 Å². The zero-order chi connectivity index (χ0) is 15.6. The lowest BCUT2D eigenvalue weighted by molar-refractivity contribution is -0.124. The molecule has 0 aliphatic heterocycles. The minimum Gasteiger partial charge on any atom is -0.421 e. The molecule has 2 heterocycles. The van der Waals surface area contributed by atoms with E-state index in [0.717, 1.165) is 4.90 Å². The van der Waals surface area contributed by atoms with Crippen LogP contribution in [0.2, 0.25) is 5.02 Å². The minimum absolute atomic E-state index is 0.131. The Balaban J connectivity index is 2.49. The van der Waals surface area contributed by atoms with Gasteiger partial charge in [-0.15, -0.1) is 0 Å². The van der Waals surface area contributed by atoms with Gasteiger partial charge in [-0.2, -0.15) is 0 Å². The first-order chi connectivity index (χ1) is 9.90. The van der Waals surface area contributed by atoms with Gasteiger partial charge in [0.15, 0.2) is 0 Å². The largest absolute Gasteiger partial charge is 0.421 e. The molecule has 0 N–H and O–H groups in total. The highest BCUT2D eigenvalue weighted by atomic mass is 35.5. The summed E-state index contributed by atoms with van der Waals surface area (Å²) in [4.78, 5) is 39.5. The molecule has 0 bridgehead atoms. The first-order valence-corrected chi connectivity index (χ1v) is 6.34. The van der Waals surface area contributed by atoms with Crippen LogP contribution >= 0.6 is 11.6 Å². The van der Waals surface area contributed by atoms with E-state index in [9.17, 15) is 14.4 Å². The summed E-state index contributed by atoms with van der Waals surface area (Å²) in [6.07, 6.45) is 2.93. The number of nitrogens with zero attached hydrogens (tertiary/aromatic N) is 2. The Morgan fingerprint density at radius 3 is 2.38 bits per heavy atom. The Kier molecular flexibility index (Phi) is 4.18. The minimum atomic E-state index is -0.794. The molecule has 0 aliphatic carbocycles. The number of imide groups is 1. The number of rotatable bonds is 2. The normalized spacial score (nSPS) is 10.2. The smallest absolute Gasteiger partial charge is 0.360 e. The predicted octanol–water partition coefficient (Wildman–Crippen LogP) is 2.25. The van der Waals surface area contributed by atoms with Crippen LogP contribution in [-0.4, -0.2) is 16.8 Å². The second-order valence-electron chi connectivity index (χ2n) is 4.24. The third-order valence-corrected chi connectivity index (χ3v) is 2.87. The number of hydrogen-bond acceptors (Lipinski definition) is 5. The molecule has 0 aliphatic rings. The first kappa shape index (κ1) is 14.9. The molecule has 21 heavy (non-hydrogen) atoms. The Morgan fingerprint density at radius 2 is 1.86 bits per heavy atom. The summed E-state index contributed by atoms with van der Waals surface area (Å²) in [6.45, 7) is 2.38. The highest BCUT2D eigenvalue weighted by Crippen LogP contribution is 2.22. The number of aromatic nitrogens is 1. The second kappa shape index (κ2) is 5.88. The van der Waals surface area contributed by atoms with Crippen LogP contribution in [0.4, 0.5) is 5.69 Å². The molecule has 6 nitrogen and oxygen atoms in total. The Bertz CT molecular complexity index is 756. The van der Waals surface area contributed by atoms with Crippen LogP contribution in [0.5, 0.6) is 0 Å². The monoisotopic (exact) mass is 306 g/mol. The lowest BCUT2D eigenvalue weighted by atomic mass is 10.2. The van der Waals surface area contributed by atoms with E-state index in [4.69, 9.17) is 16.0 Å². The Morgan fingerprint density at radius 1 is 1.19 bits per heavy atom. The average Bonchev–Trinajstić information content (AvgIpc) is 2.40. The quantitative estimate of drug-likeness (QED) is 0.850. The highest BCUT2D eigenvalue weighted by Gasteiger charge is 2.20. The summed E-state index contributed by atoms with van der Waals surface area (Å²) in [5.74, 6) is -0.884. The van der Waals surface area contributed by atoms with Gasteiger partial charge in [0.1, 0.15) is 11.4 Å². The number of amides is 2. The van der Waals surface area contributed by atoms with Gasteiger partial charge in [0.2, 0.25) is 11.8 Å². The summed E-state index contributed by atoms with van der Waals surface area (Å²) in [7, 11) is 0. The molecule has 0 fully saturated rings. The van der Waals surface area contributed by atoms with Crippen molar-refractivity contribution in [1.29, 1.82) is 0 Å². The predicted molar refractivity (Wildman–Crippen MR) is 77.1 cm³/mol. The van der Waals surface area contributed by atoms with Crippen molar-refractivity contribution < 1.29 is 14.0 Å². The number of pyridine rings is 1. The SMILES string of the molecule is CC(=O)N(C(C)=O)c1ccc(-c2cncc(Cl)c2)oc1=O. The van der Waals surface area contributed by atoms with Crippen LogP contribution in [0.15, 0.2) is 39.8 Å². The van der Waals surface area contributed by atoms with Crippen molar-refractivity contribution in [3.05, 3.63) is 46.0 Å². The maximum absolute atomic E-state index is 12.0. The molecule has 7 heteroatoms. The molecule has 0 saturated carbocycles. The molecule has 0 spiro atoms. The zero-order valence-corrected chi connectivity index (χ0v) is 12.0. The summed E-state index contributed by atoms with van der Waals surface area (Å²) >= 11 is 5.82. The molecule has 0 atom stereocenters. The molecular weight excluding hydrogens is 296 g/mol. The van der Waals surface area contributed by atoms with E-state index >= 15 is 0 Å². The molecular formula is C14H11ClN2O4.